The van der Waals surface area contributed by atoms with E-state index in [9.17, 15) is 22.8 Å². The van der Waals surface area contributed by atoms with Crippen molar-refractivity contribution in [2.75, 3.05) is 26.2 Å². The SMILES string of the molecule is O=CN1CCN(C(=O)c2ccc(C(F)(F)F)cc2)CC1. The molecule has 0 radical (unpaired) electrons. The van der Waals surface area contributed by atoms with Gasteiger partial charge in [0.15, 0.2) is 0 Å². The average Bonchev–Trinajstić information content (AvgIpc) is 2.46. The molecule has 4 nitrogen and oxygen atoms in total. The third kappa shape index (κ3) is 3.09. The summed E-state index contributed by atoms with van der Waals surface area (Å²) in [4.78, 5) is 25.7. The van der Waals surface area contributed by atoms with E-state index < -0.39 is 11.7 Å². The van der Waals surface area contributed by atoms with Crippen LogP contribution in [0.2, 0.25) is 0 Å². The fraction of sp³-hybridized carbons (Fsp3) is 0.385. The smallest absolute Gasteiger partial charge is 0.342 e. The predicted molar refractivity (Wildman–Crippen MR) is 65.0 cm³/mol. The summed E-state index contributed by atoms with van der Waals surface area (Å²) in [5.41, 5.74) is -0.558. The van der Waals surface area contributed by atoms with E-state index in [-0.39, 0.29) is 11.5 Å². The van der Waals surface area contributed by atoms with Gasteiger partial charge < -0.3 is 9.80 Å². The molecule has 1 aliphatic heterocycles. The minimum absolute atomic E-state index is 0.220. The Labute approximate surface area is 113 Å². The van der Waals surface area contributed by atoms with Gasteiger partial charge in [-0.25, -0.2) is 0 Å². The molecule has 1 aromatic rings. The van der Waals surface area contributed by atoms with Crippen LogP contribution in [0.5, 0.6) is 0 Å². The Kier molecular flexibility index (Phi) is 3.96. The lowest BCUT2D eigenvalue weighted by atomic mass is 10.1. The van der Waals surface area contributed by atoms with Gasteiger partial charge in [-0.15, -0.1) is 0 Å². The van der Waals surface area contributed by atoms with E-state index in [1.54, 1.807) is 4.90 Å². The number of amides is 2. The van der Waals surface area contributed by atoms with Crippen LogP contribution in [0.25, 0.3) is 0 Å². The van der Waals surface area contributed by atoms with Crippen molar-refractivity contribution < 1.29 is 22.8 Å². The molecule has 7 heteroatoms. The molecular weight excluding hydrogens is 273 g/mol. The number of hydrogen-bond acceptors (Lipinski definition) is 2. The van der Waals surface area contributed by atoms with Crippen molar-refractivity contribution in [2.45, 2.75) is 6.18 Å². The van der Waals surface area contributed by atoms with Gasteiger partial charge in [-0.1, -0.05) is 0 Å². The summed E-state index contributed by atoms with van der Waals surface area (Å²) in [6.45, 7) is 1.66. The highest BCUT2D eigenvalue weighted by atomic mass is 19.4. The molecule has 0 bridgehead atoms. The van der Waals surface area contributed by atoms with Crippen molar-refractivity contribution in [3.05, 3.63) is 35.4 Å². The molecule has 2 rings (SSSR count). The molecule has 108 valence electrons. The maximum absolute atomic E-state index is 12.4. The van der Waals surface area contributed by atoms with Crippen molar-refractivity contribution in [2.24, 2.45) is 0 Å². The molecule has 1 aliphatic rings. The molecule has 0 unspecified atom stereocenters. The molecule has 0 N–H and O–H groups in total. The van der Waals surface area contributed by atoms with E-state index >= 15 is 0 Å². The second-order valence-electron chi connectivity index (χ2n) is 4.51. The quantitative estimate of drug-likeness (QED) is 0.775. The van der Waals surface area contributed by atoms with Crippen LogP contribution in [0.1, 0.15) is 15.9 Å². The topological polar surface area (TPSA) is 40.6 Å². The second-order valence-corrected chi connectivity index (χ2v) is 4.51. The number of nitrogens with zero attached hydrogens (tertiary/aromatic N) is 2. The Balaban J connectivity index is 2.05. The predicted octanol–water partition coefficient (Wildman–Crippen LogP) is 1.62. The molecule has 0 saturated carbocycles. The van der Waals surface area contributed by atoms with E-state index in [0.717, 1.165) is 18.5 Å². The Hall–Kier alpha value is -2.05. The summed E-state index contributed by atoms with van der Waals surface area (Å²) < 4.78 is 37.3. The Morgan fingerprint density at radius 2 is 1.60 bits per heavy atom. The third-order valence-electron chi connectivity index (χ3n) is 3.21. The van der Waals surface area contributed by atoms with E-state index in [1.807, 2.05) is 0 Å². The maximum Gasteiger partial charge on any atom is 0.416 e. The highest BCUT2D eigenvalue weighted by Crippen LogP contribution is 2.29. The number of halogens is 3. The molecular formula is C13H13F3N2O2. The van der Waals surface area contributed by atoms with Crippen molar-refractivity contribution >= 4 is 12.3 Å². The van der Waals surface area contributed by atoms with Gasteiger partial charge in [-0.05, 0) is 24.3 Å². The maximum atomic E-state index is 12.4. The van der Waals surface area contributed by atoms with Crippen LogP contribution < -0.4 is 0 Å². The number of hydrogen-bond donors (Lipinski definition) is 0. The molecule has 0 spiro atoms. The van der Waals surface area contributed by atoms with Gasteiger partial charge >= 0.3 is 6.18 Å². The van der Waals surface area contributed by atoms with Crippen LogP contribution in [-0.4, -0.2) is 48.3 Å². The zero-order valence-electron chi connectivity index (χ0n) is 10.6. The molecule has 1 heterocycles. The first-order valence-electron chi connectivity index (χ1n) is 6.07. The molecule has 0 aromatic heterocycles. The first-order chi connectivity index (χ1) is 9.41. The van der Waals surface area contributed by atoms with Crippen LogP contribution in [0.4, 0.5) is 13.2 Å². The van der Waals surface area contributed by atoms with Crippen LogP contribution in [-0.2, 0) is 11.0 Å². The van der Waals surface area contributed by atoms with Crippen LogP contribution in [0.15, 0.2) is 24.3 Å². The third-order valence-corrected chi connectivity index (χ3v) is 3.21. The zero-order valence-corrected chi connectivity index (χ0v) is 10.6. The van der Waals surface area contributed by atoms with Crippen molar-refractivity contribution in [3.63, 3.8) is 0 Å². The van der Waals surface area contributed by atoms with E-state index in [0.29, 0.717) is 26.2 Å². The van der Waals surface area contributed by atoms with Crippen LogP contribution in [0, 0.1) is 0 Å². The molecule has 0 atom stereocenters. The Morgan fingerprint density at radius 3 is 2.05 bits per heavy atom. The highest BCUT2D eigenvalue weighted by Gasteiger charge is 2.30. The van der Waals surface area contributed by atoms with E-state index in [2.05, 4.69) is 0 Å². The standard InChI is InChI=1S/C13H13F3N2O2/c14-13(15,16)11-3-1-10(2-4-11)12(20)18-7-5-17(9-19)6-8-18/h1-4,9H,5-8H2. The van der Waals surface area contributed by atoms with Gasteiger partial charge in [0.05, 0.1) is 5.56 Å². The lowest BCUT2D eigenvalue weighted by Crippen LogP contribution is -2.48. The summed E-state index contributed by atoms with van der Waals surface area (Å²) in [5.74, 6) is -0.315. The van der Waals surface area contributed by atoms with Gasteiger partial charge in [0.1, 0.15) is 0 Å². The fourth-order valence-corrected chi connectivity index (χ4v) is 2.01. The summed E-state index contributed by atoms with van der Waals surface area (Å²) in [6.07, 6.45) is -3.68. The first kappa shape index (κ1) is 14.4. The molecule has 1 saturated heterocycles. The molecule has 1 fully saturated rings. The number of alkyl halides is 3. The number of piperazine rings is 1. The summed E-state index contributed by atoms with van der Waals surface area (Å²) >= 11 is 0. The fourth-order valence-electron chi connectivity index (χ4n) is 2.01. The van der Waals surface area contributed by atoms with Gasteiger partial charge in [0.2, 0.25) is 6.41 Å². The second kappa shape index (κ2) is 5.52. The summed E-state index contributed by atoms with van der Waals surface area (Å²) in [7, 11) is 0. The number of benzene rings is 1. The molecule has 2 amide bonds. The van der Waals surface area contributed by atoms with Crippen LogP contribution in [0.3, 0.4) is 0 Å². The zero-order chi connectivity index (χ0) is 14.8. The number of carbonyl (C=O) groups excluding carboxylic acids is 2. The minimum atomic E-state index is -4.41. The molecule has 20 heavy (non-hydrogen) atoms. The molecule has 0 aliphatic carbocycles. The lowest BCUT2D eigenvalue weighted by Gasteiger charge is -2.32. The van der Waals surface area contributed by atoms with Crippen molar-refractivity contribution in [1.29, 1.82) is 0 Å². The Morgan fingerprint density at radius 1 is 1.05 bits per heavy atom. The van der Waals surface area contributed by atoms with Crippen molar-refractivity contribution in [3.8, 4) is 0 Å². The number of carbonyl (C=O) groups is 2. The van der Waals surface area contributed by atoms with Gasteiger partial charge in [0.25, 0.3) is 5.91 Å². The van der Waals surface area contributed by atoms with Gasteiger partial charge in [-0.3, -0.25) is 9.59 Å². The van der Waals surface area contributed by atoms with Gasteiger partial charge in [0, 0.05) is 31.7 Å². The highest BCUT2D eigenvalue weighted by molar-refractivity contribution is 5.94. The summed E-state index contributed by atoms with van der Waals surface area (Å²) in [5, 5.41) is 0. The average molecular weight is 286 g/mol. The van der Waals surface area contributed by atoms with Gasteiger partial charge in [-0.2, -0.15) is 13.2 Å². The normalized spacial score (nSPS) is 16.1. The van der Waals surface area contributed by atoms with Crippen LogP contribution >= 0.6 is 0 Å². The van der Waals surface area contributed by atoms with E-state index in [4.69, 9.17) is 0 Å². The summed E-state index contributed by atoms with van der Waals surface area (Å²) in [6, 6.07) is 4.15. The monoisotopic (exact) mass is 286 g/mol. The Bertz CT molecular complexity index is 491. The minimum Gasteiger partial charge on any atom is -0.342 e. The number of rotatable bonds is 2. The first-order valence-corrected chi connectivity index (χ1v) is 6.07. The largest absolute Gasteiger partial charge is 0.416 e. The molecule has 1 aromatic carbocycles. The van der Waals surface area contributed by atoms with Crippen molar-refractivity contribution in [1.82, 2.24) is 9.80 Å². The lowest BCUT2D eigenvalue weighted by molar-refractivity contribution is -0.137. The van der Waals surface area contributed by atoms with E-state index in [1.165, 1.54) is 17.0 Å².